The molecule has 4 heterocycles. The maximum Gasteiger partial charge on any atom is 0.227 e. The summed E-state index contributed by atoms with van der Waals surface area (Å²) in [6.45, 7) is 7.83. The molecule has 8 heteroatoms. The molecule has 2 unspecified atom stereocenters. The zero-order valence-electron chi connectivity index (χ0n) is 23.0. The van der Waals surface area contributed by atoms with Crippen LogP contribution in [-0.4, -0.2) is 81.8 Å². The molecule has 2 atom stereocenters. The fourth-order valence-electron chi connectivity index (χ4n) is 5.15. The molecule has 2 fully saturated rings. The molecule has 0 bridgehead atoms. The van der Waals surface area contributed by atoms with Crippen molar-refractivity contribution in [3.63, 3.8) is 0 Å². The number of carbonyl (C=O) groups excluding carboxylic acids is 1. The Kier molecular flexibility index (Phi) is 8.48. The van der Waals surface area contributed by atoms with E-state index >= 15 is 0 Å². The zero-order valence-corrected chi connectivity index (χ0v) is 23.0. The Hall–Kier alpha value is -3.39. The van der Waals surface area contributed by atoms with Crippen molar-refractivity contribution in [3.05, 3.63) is 42.6 Å². The first-order valence-electron chi connectivity index (χ1n) is 13.3. The van der Waals surface area contributed by atoms with Crippen molar-refractivity contribution in [3.8, 4) is 17.1 Å². The second-order valence-electron chi connectivity index (χ2n) is 9.78. The second-order valence-corrected chi connectivity index (χ2v) is 9.78. The number of aromatic nitrogens is 2. The Morgan fingerprint density at radius 2 is 1.97 bits per heavy atom. The van der Waals surface area contributed by atoms with E-state index in [2.05, 4.69) is 44.4 Å². The summed E-state index contributed by atoms with van der Waals surface area (Å²) in [5, 5.41) is 4.18. The number of fused-ring (bicyclic) bond motifs is 2. The van der Waals surface area contributed by atoms with E-state index < -0.39 is 0 Å². The molecule has 0 saturated carbocycles. The minimum absolute atomic E-state index is 0. The van der Waals surface area contributed by atoms with Gasteiger partial charge in [-0.3, -0.25) is 4.79 Å². The Bertz CT molecular complexity index is 1220. The maximum atomic E-state index is 12.8. The van der Waals surface area contributed by atoms with Gasteiger partial charge in [-0.1, -0.05) is 13.8 Å². The molecule has 37 heavy (non-hydrogen) atoms. The number of piperidine rings is 1. The Morgan fingerprint density at radius 1 is 1.16 bits per heavy atom. The number of benzene rings is 1. The zero-order chi connectivity index (χ0) is 26.5. The maximum absolute atomic E-state index is 12.8. The molecule has 8 nitrogen and oxygen atoms in total. The molecule has 200 valence electrons. The highest BCUT2D eigenvalue weighted by Crippen LogP contribution is 2.39. The largest absolute Gasteiger partial charge is 0.476 e. The summed E-state index contributed by atoms with van der Waals surface area (Å²) in [6.07, 6.45) is 2.88. The van der Waals surface area contributed by atoms with Crippen molar-refractivity contribution in [1.29, 1.82) is 0 Å². The van der Waals surface area contributed by atoms with Crippen molar-refractivity contribution < 1.29 is 11.0 Å². The van der Waals surface area contributed by atoms with Crippen LogP contribution in [0.3, 0.4) is 0 Å². The van der Waals surface area contributed by atoms with E-state index in [1.165, 1.54) is 0 Å². The summed E-state index contributed by atoms with van der Waals surface area (Å²) in [7, 11) is 7.89. The Morgan fingerprint density at radius 3 is 2.68 bits per heavy atom. The second kappa shape index (κ2) is 11.8. The topological polar surface area (TPSA) is 73.8 Å². The summed E-state index contributed by atoms with van der Waals surface area (Å²) in [5.74, 6) is 1.35. The number of nitrogens with zero attached hydrogens (tertiary/aromatic N) is 5. The molecule has 0 aliphatic carbocycles. The number of pyridine rings is 2. The summed E-state index contributed by atoms with van der Waals surface area (Å²) in [4.78, 5) is 28.7. The lowest BCUT2D eigenvalue weighted by atomic mass is 9.88. The first-order chi connectivity index (χ1) is 17.9. The fraction of sp³-hybridized carbons (Fsp3) is 0.483. The standard InChI is InChI=1S/C27H34N6O2.C2H6.H2/c1-28-10-12-35-26-8-5-18(15-29-26)23-14-25(21-7-6-20(31(2)3)13-24(21)30-23)33-16-19-9-11-32(4)27(34)22(19)17-33;1-2;/h5-8,13-15,19,22,28H,9-12,16-17H2,1-4H3;1-2H3;1H. The molecule has 2 saturated heterocycles. The number of likely N-dealkylation sites (N-methyl/N-ethyl adjacent to an activating group) is 1. The molecule has 0 radical (unpaired) electrons. The highest BCUT2D eigenvalue weighted by atomic mass is 16.5. The van der Waals surface area contributed by atoms with Gasteiger partial charge in [-0.15, -0.1) is 0 Å². The van der Waals surface area contributed by atoms with Gasteiger partial charge in [-0.05, 0) is 49.7 Å². The number of rotatable bonds is 7. The summed E-state index contributed by atoms with van der Waals surface area (Å²) >= 11 is 0. The monoisotopic (exact) mass is 506 g/mol. The number of hydrogen-bond acceptors (Lipinski definition) is 7. The highest BCUT2D eigenvalue weighted by Gasteiger charge is 2.42. The van der Waals surface area contributed by atoms with Gasteiger partial charge in [0.05, 0.1) is 17.1 Å². The molecule has 3 aromatic rings. The third-order valence-electron chi connectivity index (χ3n) is 7.23. The number of nitrogens with one attached hydrogen (secondary N) is 1. The van der Waals surface area contributed by atoms with Crippen molar-refractivity contribution in [1.82, 2.24) is 20.2 Å². The number of carbonyl (C=O) groups is 1. The number of amides is 1. The van der Waals surface area contributed by atoms with Crippen LogP contribution in [0.5, 0.6) is 5.88 Å². The first kappa shape index (κ1) is 26.7. The third kappa shape index (κ3) is 5.64. The predicted octanol–water partition coefficient (Wildman–Crippen LogP) is 4.15. The number of anilines is 2. The van der Waals surface area contributed by atoms with Gasteiger partial charge in [0.1, 0.15) is 6.61 Å². The van der Waals surface area contributed by atoms with Crippen LogP contribution in [0.2, 0.25) is 0 Å². The van der Waals surface area contributed by atoms with Gasteiger partial charge in [-0.25, -0.2) is 9.97 Å². The van der Waals surface area contributed by atoms with Gasteiger partial charge in [-0.2, -0.15) is 0 Å². The SMILES string of the molecule is CC.CNCCOc1ccc(-c2cc(N3CC4CCN(C)C(=O)C4C3)c3ccc(N(C)C)cc3n2)cn1.[HH]. The van der Waals surface area contributed by atoms with E-state index in [0.717, 1.165) is 66.1 Å². The molecule has 1 amide bonds. The van der Waals surface area contributed by atoms with Crippen molar-refractivity contribution in [2.75, 3.05) is 70.8 Å². The molecule has 5 rings (SSSR count). The number of hydrogen-bond donors (Lipinski definition) is 1. The minimum Gasteiger partial charge on any atom is -0.476 e. The molecular weight excluding hydrogens is 464 g/mol. The lowest BCUT2D eigenvalue weighted by Crippen LogP contribution is -2.42. The first-order valence-corrected chi connectivity index (χ1v) is 13.3. The quantitative estimate of drug-likeness (QED) is 0.483. The van der Waals surface area contributed by atoms with Gasteiger partial charge in [0, 0.05) is 83.3 Å². The lowest BCUT2D eigenvalue weighted by Gasteiger charge is -2.30. The smallest absolute Gasteiger partial charge is 0.227 e. The average molecular weight is 507 g/mol. The Labute approximate surface area is 222 Å². The van der Waals surface area contributed by atoms with Crippen LogP contribution in [-0.2, 0) is 4.79 Å². The lowest BCUT2D eigenvalue weighted by molar-refractivity contribution is -0.137. The molecule has 2 aliphatic heterocycles. The van der Waals surface area contributed by atoms with Gasteiger partial charge >= 0.3 is 0 Å². The van der Waals surface area contributed by atoms with Crippen LogP contribution >= 0.6 is 0 Å². The summed E-state index contributed by atoms with van der Waals surface area (Å²) in [6, 6.07) is 12.5. The van der Waals surface area contributed by atoms with Gasteiger partial charge in [0.2, 0.25) is 11.8 Å². The average Bonchev–Trinajstić information content (AvgIpc) is 3.36. The normalized spacial score (nSPS) is 18.9. The van der Waals surface area contributed by atoms with Crippen molar-refractivity contribution in [2.45, 2.75) is 20.3 Å². The third-order valence-corrected chi connectivity index (χ3v) is 7.23. The van der Waals surface area contributed by atoms with Crippen LogP contribution in [0.4, 0.5) is 11.4 Å². The number of ether oxygens (including phenoxy) is 1. The molecule has 1 N–H and O–H groups in total. The van der Waals surface area contributed by atoms with E-state index in [4.69, 9.17) is 9.72 Å². The molecule has 2 aromatic heterocycles. The van der Waals surface area contributed by atoms with E-state index in [0.29, 0.717) is 18.4 Å². The summed E-state index contributed by atoms with van der Waals surface area (Å²) in [5.41, 5.74) is 4.99. The van der Waals surface area contributed by atoms with E-state index in [-0.39, 0.29) is 13.3 Å². The molecule has 1 aromatic carbocycles. The molecule has 2 aliphatic rings. The van der Waals surface area contributed by atoms with Crippen LogP contribution in [0.1, 0.15) is 21.7 Å². The van der Waals surface area contributed by atoms with Crippen LogP contribution < -0.4 is 19.9 Å². The minimum atomic E-state index is 0. The van der Waals surface area contributed by atoms with Crippen LogP contribution in [0, 0.1) is 11.8 Å². The van der Waals surface area contributed by atoms with E-state index in [9.17, 15) is 4.79 Å². The number of likely N-dealkylation sites (tertiary alicyclic amines) is 1. The fourth-order valence-corrected chi connectivity index (χ4v) is 5.15. The van der Waals surface area contributed by atoms with Gasteiger partial charge < -0.3 is 24.8 Å². The van der Waals surface area contributed by atoms with Gasteiger partial charge in [0.15, 0.2) is 0 Å². The van der Waals surface area contributed by atoms with Crippen LogP contribution in [0.15, 0.2) is 42.6 Å². The predicted molar refractivity (Wildman–Crippen MR) is 154 cm³/mol. The molecule has 0 spiro atoms. The van der Waals surface area contributed by atoms with E-state index in [1.807, 2.05) is 65.3 Å². The molecular formula is C29H42N6O2. The summed E-state index contributed by atoms with van der Waals surface area (Å²) < 4.78 is 5.68. The van der Waals surface area contributed by atoms with Gasteiger partial charge in [0.25, 0.3) is 0 Å². The highest BCUT2D eigenvalue weighted by molar-refractivity contribution is 5.96. The Balaban J connectivity index is 0.00000130. The van der Waals surface area contributed by atoms with E-state index in [1.54, 1.807) is 0 Å². The van der Waals surface area contributed by atoms with Crippen LogP contribution in [0.25, 0.3) is 22.2 Å². The van der Waals surface area contributed by atoms with Crippen molar-refractivity contribution in [2.24, 2.45) is 11.8 Å². The van der Waals surface area contributed by atoms with Crippen molar-refractivity contribution >= 4 is 28.2 Å².